The van der Waals surface area contributed by atoms with E-state index >= 15 is 0 Å². The summed E-state index contributed by atoms with van der Waals surface area (Å²) >= 11 is 0. The molecular weight excluding hydrogens is 1330 g/mol. The first-order chi connectivity index (χ1) is 49.8. The van der Waals surface area contributed by atoms with E-state index < -0.39 is 130 Å². The number of primary amides is 1. The molecule has 1 fully saturated rings. The number of aliphatic hydroxyl groups is 1. The van der Waals surface area contributed by atoms with E-state index in [1.807, 2.05) is 0 Å². The number of carbonyl (C=O) groups is 7. The van der Waals surface area contributed by atoms with Crippen LogP contribution in [0.5, 0.6) is 0 Å². The molecule has 1 saturated heterocycles. The summed E-state index contributed by atoms with van der Waals surface area (Å²) in [6.07, 6.45) is 38.9. The third-order valence-corrected chi connectivity index (χ3v) is 20.3. The Hall–Kier alpha value is -3.72. The summed E-state index contributed by atoms with van der Waals surface area (Å²) in [5, 5.41) is 16.4. The predicted molar refractivity (Wildman–Crippen MR) is 408 cm³/mol. The maximum Gasteiger partial charge on any atom is 0.470 e. The van der Waals surface area contributed by atoms with E-state index in [0.29, 0.717) is 57.8 Å². The summed E-state index contributed by atoms with van der Waals surface area (Å²) in [7, 11) is -5.55. The molecule has 1 aliphatic heterocycles. The average Bonchev–Trinajstić information content (AvgIpc) is 0.781. The van der Waals surface area contributed by atoms with Gasteiger partial charge in [-0.2, -0.15) is 0 Å². The zero-order valence-electron chi connectivity index (χ0n) is 65.9. The summed E-state index contributed by atoms with van der Waals surface area (Å²) < 4.78 is 55.1. The Bertz CT molecular complexity index is 2170. The van der Waals surface area contributed by atoms with Gasteiger partial charge in [0, 0.05) is 19.3 Å². The standard InChI is InChI=1S/C81H152N3O18P/c1-7-13-19-25-31-34-40-43-49-55-66(97-73(88)58-52-46-37-28-22-16-10-4)61-71(86)83-69(80(82)92)65-96-81-77(84-72(87)62-67(56-50-44-41-35-32-26-20-14-8-2)98-74(89)59-53-47-38-29-23-17-11-5)79(78(70(64-85)100-81)102-103(93,94)95)101-76(91)63-68(57-51-45-42-36-33-27-21-15-9-3)99-75(90)60-54-48-39-30-24-18-12-6/h66-70,77-79,81,85H,7-65H2,1-6H3,(H2,82,92)(H,83,86)(H,84,87)(H2,93,94,95)/t66-,67-,68-,69?,70?,77+,78+,79?,81-/m1/s1. The number of hydrogen-bond acceptors (Lipinski definition) is 16. The van der Waals surface area contributed by atoms with Crippen molar-refractivity contribution >= 4 is 49.4 Å². The van der Waals surface area contributed by atoms with Gasteiger partial charge in [0.15, 0.2) is 12.4 Å². The summed E-state index contributed by atoms with van der Waals surface area (Å²) in [6.45, 7) is 11.3. The molecular formula is C81H152N3O18P. The monoisotopic (exact) mass is 1490 g/mol. The molecule has 0 aromatic carbocycles. The maximum atomic E-state index is 14.8. The van der Waals surface area contributed by atoms with Crippen molar-refractivity contribution in [2.45, 2.75) is 463 Å². The number of phosphoric ester groups is 1. The minimum Gasteiger partial charge on any atom is -0.462 e. The first-order valence-corrected chi connectivity index (χ1v) is 43.6. The van der Waals surface area contributed by atoms with Crippen LogP contribution in [-0.2, 0) is 71.1 Å². The molecule has 0 bridgehead atoms. The number of hydrogen-bond donors (Lipinski definition) is 6. The summed E-state index contributed by atoms with van der Waals surface area (Å²) in [5.41, 5.74) is 5.98. The Morgan fingerprint density at radius 3 is 1.02 bits per heavy atom. The van der Waals surface area contributed by atoms with Crippen molar-refractivity contribution in [1.29, 1.82) is 0 Å². The Morgan fingerprint density at radius 2 is 0.709 bits per heavy atom. The van der Waals surface area contributed by atoms with Crippen LogP contribution in [0.1, 0.15) is 408 Å². The van der Waals surface area contributed by atoms with Gasteiger partial charge in [-0.3, -0.25) is 38.1 Å². The van der Waals surface area contributed by atoms with Gasteiger partial charge >= 0.3 is 31.7 Å². The highest BCUT2D eigenvalue weighted by Gasteiger charge is 2.52. The molecule has 3 amide bonds. The largest absolute Gasteiger partial charge is 0.470 e. The summed E-state index contributed by atoms with van der Waals surface area (Å²) in [6, 6.07) is -3.33. The molecule has 22 heteroatoms. The van der Waals surface area contributed by atoms with Crippen LogP contribution in [0.3, 0.4) is 0 Å². The number of rotatable bonds is 73. The van der Waals surface area contributed by atoms with Crippen LogP contribution in [0.4, 0.5) is 0 Å². The van der Waals surface area contributed by atoms with Gasteiger partial charge < -0.3 is 59.7 Å². The van der Waals surface area contributed by atoms with Crippen LogP contribution in [0.15, 0.2) is 0 Å². The van der Waals surface area contributed by atoms with Crippen molar-refractivity contribution in [1.82, 2.24) is 10.6 Å². The Morgan fingerprint density at radius 1 is 0.408 bits per heavy atom. The predicted octanol–water partition coefficient (Wildman–Crippen LogP) is 18.7. The molecule has 1 aliphatic rings. The van der Waals surface area contributed by atoms with Crippen molar-refractivity contribution in [3.63, 3.8) is 0 Å². The molecule has 0 aromatic heterocycles. The fourth-order valence-electron chi connectivity index (χ4n) is 13.5. The van der Waals surface area contributed by atoms with Crippen molar-refractivity contribution < 1.29 is 86.0 Å². The lowest BCUT2D eigenvalue weighted by Crippen LogP contribution is -2.67. The molecule has 0 spiro atoms. The normalized spacial score (nSPS) is 17.3. The lowest BCUT2D eigenvalue weighted by atomic mass is 9.95. The van der Waals surface area contributed by atoms with Crippen molar-refractivity contribution in [2.75, 3.05) is 13.2 Å². The number of ether oxygens (including phenoxy) is 6. The van der Waals surface area contributed by atoms with E-state index in [1.54, 1.807) is 0 Å². The van der Waals surface area contributed by atoms with Gasteiger partial charge in [-0.25, -0.2) is 4.57 Å². The van der Waals surface area contributed by atoms with Gasteiger partial charge in [-0.15, -0.1) is 0 Å². The average molecular weight is 1490 g/mol. The quantitative estimate of drug-likeness (QED) is 0.0143. The number of amides is 3. The molecule has 0 radical (unpaired) electrons. The molecule has 1 heterocycles. The highest BCUT2D eigenvalue weighted by Crippen LogP contribution is 2.42. The highest BCUT2D eigenvalue weighted by molar-refractivity contribution is 7.46. The number of phosphoric acid groups is 1. The molecule has 0 saturated carbocycles. The molecule has 0 aliphatic carbocycles. The fraction of sp³-hybridized carbons (Fsp3) is 0.914. The molecule has 21 nitrogen and oxygen atoms in total. The van der Waals surface area contributed by atoms with Crippen LogP contribution in [0, 0.1) is 0 Å². The number of nitrogens with one attached hydrogen (secondary N) is 2. The Labute approximate surface area is 624 Å². The van der Waals surface area contributed by atoms with Gasteiger partial charge in [0.25, 0.3) is 0 Å². The Balaban J connectivity index is 3.85. The molecule has 604 valence electrons. The topological polar surface area (TPSA) is 312 Å². The van der Waals surface area contributed by atoms with Gasteiger partial charge in [-0.05, 0) is 57.8 Å². The van der Waals surface area contributed by atoms with Crippen LogP contribution in [0.2, 0.25) is 0 Å². The third kappa shape index (κ3) is 55.4. The Kier molecular flexibility index (Phi) is 62.8. The van der Waals surface area contributed by atoms with E-state index in [1.165, 1.54) is 57.8 Å². The second-order valence-electron chi connectivity index (χ2n) is 29.6. The van der Waals surface area contributed by atoms with Gasteiger partial charge in [0.2, 0.25) is 17.7 Å². The maximum absolute atomic E-state index is 14.8. The molecule has 7 N–H and O–H groups in total. The van der Waals surface area contributed by atoms with E-state index in [0.717, 1.165) is 212 Å². The second-order valence-corrected chi connectivity index (χ2v) is 30.8. The molecule has 9 atom stereocenters. The fourth-order valence-corrected chi connectivity index (χ4v) is 14.1. The van der Waals surface area contributed by atoms with E-state index in [2.05, 4.69) is 52.2 Å². The minimum atomic E-state index is -5.55. The van der Waals surface area contributed by atoms with E-state index in [-0.39, 0.29) is 25.7 Å². The van der Waals surface area contributed by atoms with Crippen LogP contribution < -0.4 is 16.4 Å². The number of nitrogens with two attached hydrogens (primary N) is 1. The van der Waals surface area contributed by atoms with Crippen LogP contribution in [-0.4, -0.2) is 125 Å². The molecule has 3 unspecified atom stereocenters. The first-order valence-electron chi connectivity index (χ1n) is 42.1. The van der Waals surface area contributed by atoms with E-state index in [4.69, 9.17) is 38.7 Å². The number of aliphatic hydroxyl groups excluding tert-OH is 1. The minimum absolute atomic E-state index is 0.134. The third-order valence-electron chi connectivity index (χ3n) is 19.7. The molecule has 0 aromatic rings. The summed E-state index contributed by atoms with van der Waals surface area (Å²) in [5.74, 6) is -4.87. The SMILES string of the molecule is CCCCCCCCCCC[C@H](CC(=O)NC(CO[C@@H]1OC(CO)[C@H](OP(=O)(O)O)C(OC(=O)C[C@@H](CCCCCCCCCCC)OC(=O)CCCCCCCCC)[C@@H]1NC(=O)C[C@@H](CCCCCCCCCCC)OC(=O)CCCCCCCCC)C(N)=O)OC(=O)CCCCCCCCC. The molecule has 1 rings (SSSR count). The van der Waals surface area contributed by atoms with E-state index in [9.17, 15) is 53.0 Å². The lowest BCUT2D eigenvalue weighted by Gasteiger charge is -2.45. The zero-order valence-corrected chi connectivity index (χ0v) is 66.8. The number of carbonyl (C=O) groups excluding carboxylic acids is 7. The first kappa shape index (κ1) is 97.3. The van der Waals surface area contributed by atoms with Gasteiger partial charge in [0.1, 0.15) is 42.6 Å². The van der Waals surface area contributed by atoms with Crippen LogP contribution in [0.25, 0.3) is 0 Å². The number of unbranched alkanes of at least 4 members (excludes halogenated alkanes) is 42. The van der Waals surface area contributed by atoms with Crippen molar-refractivity contribution in [2.24, 2.45) is 5.73 Å². The second kappa shape index (κ2) is 66.5. The van der Waals surface area contributed by atoms with Gasteiger partial charge in [0.05, 0.1) is 32.5 Å². The summed E-state index contributed by atoms with van der Waals surface area (Å²) in [4.78, 5) is 119. The van der Waals surface area contributed by atoms with Gasteiger partial charge in [-0.1, -0.05) is 311 Å². The van der Waals surface area contributed by atoms with Crippen molar-refractivity contribution in [3.8, 4) is 0 Å². The van der Waals surface area contributed by atoms with Crippen molar-refractivity contribution in [3.05, 3.63) is 0 Å². The number of esters is 4. The smallest absolute Gasteiger partial charge is 0.462 e. The zero-order chi connectivity index (χ0) is 75.8. The molecule has 103 heavy (non-hydrogen) atoms. The highest BCUT2D eigenvalue weighted by atomic mass is 31.2. The lowest BCUT2D eigenvalue weighted by molar-refractivity contribution is -0.272. The van der Waals surface area contributed by atoms with Crippen LogP contribution >= 0.6 is 7.82 Å².